The number of nitrogens with one attached hydrogen (secondary N) is 1. The molecule has 0 fully saturated rings. The lowest BCUT2D eigenvalue weighted by atomic mass is 9.98. The topological polar surface area (TPSA) is 41.5 Å². The molecule has 0 aliphatic heterocycles. The molecular formula is C17H21NO2. The lowest BCUT2D eigenvalue weighted by Gasteiger charge is -2.19. The van der Waals surface area contributed by atoms with Crippen molar-refractivity contribution in [3.05, 3.63) is 59.7 Å². The summed E-state index contributed by atoms with van der Waals surface area (Å²) >= 11 is 0. The molecule has 0 aromatic heterocycles. The second-order valence-electron chi connectivity index (χ2n) is 4.76. The van der Waals surface area contributed by atoms with Crippen LogP contribution < -0.4 is 10.1 Å². The molecular weight excluding hydrogens is 250 g/mol. The molecule has 2 aromatic carbocycles. The largest absolute Gasteiger partial charge is 0.508 e. The average Bonchev–Trinajstić information content (AvgIpc) is 2.49. The third kappa shape index (κ3) is 3.75. The van der Waals surface area contributed by atoms with Gasteiger partial charge in [-0.25, -0.2) is 0 Å². The maximum Gasteiger partial charge on any atom is 0.119 e. The minimum absolute atomic E-state index is 0.236. The SMILES string of the molecule is CCNC(Cc1ccc(O)cc1)c1cccc(OC)c1. The normalized spacial score (nSPS) is 12.1. The minimum atomic E-state index is 0.236. The molecule has 1 atom stereocenters. The molecule has 3 nitrogen and oxygen atoms in total. The summed E-state index contributed by atoms with van der Waals surface area (Å²) in [5.41, 5.74) is 2.40. The van der Waals surface area contributed by atoms with Crippen LogP contribution in [0.1, 0.15) is 24.1 Å². The monoisotopic (exact) mass is 271 g/mol. The maximum absolute atomic E-state index is 9.35. The van der Waals surface area contributed by atoms with Gasteiger partial charge in [0, 0.05) is 6.04 Å². The summed E-state index contributed by atoms with van der Waals surface area (Å²) in [4.78, 5) is 0. The van der Waals surface area contributed by atoms with Crippen LogP contribution >= 0.6 is 0 Å². The Morgan fingerprint density at radius 2 is 1.90 bits per heavy atom. The van der Waals surface area contributed by atoms with E-state index in [9.17, 15) is 5.11 Å². The van der Waals surface area contributed by atoms with E-state index in [0.717, 1.165) is 18.7 Å². The van der Waals surface area contributed by atoms with Crippen LogP contribution in [-0.4, -0.2) is 18.8 Å². The van der Waals surface area contributed by atoms with E-state index >= 15 is 0 Å². The van der Waals surface area contributed by atoms with Gasteiger partial charge in [0.1, 0.15) is 11.5 Å². The minimum Gasteiger partial charge on any atom is -0.508 e. The van der Waals surface area contributed by atoms with Gasteiger partial charge in [-0.15, -0.1) is 0 Å². The molecule has 0 saturated heterocycles. The first-order valence-corrected chi connectivity index (χ1v) is 6.88. The number of aromatic hydroxyl groups is 1. The number of phenolic OH excluding ortho intramolecular Hbond substituents is 1. The highest BCUT2D eigenvalue weighted by Gasteiger charge is 2.12. The summed E-state index contributed by atoms with van der Waals surface area (Å²) < 4.78 is 5.29. The number of hydrogen-bond donors (Lipinski definition) is 2. The van der Waals surface area contributed by atoms with Gasteiger partial charge in [0.25, 0.3) is 0 Å². The Bertz CT molecular complexity index is 537. The Labute approximate surface area is 120 Å². The van der Waals surface area contributed by atoms with Gasteiger partial charge in [-0.05, 0) is 48.4 Å². The lowest BCUT2D eigenvalue weighted by Crippen LogP contribution is -2.22. The first-order valence-electron chi connectivity index (χ1n) is 6.88. The van der Waals surface area contributed by atoms with Gasteiger partial charge in [-0.2, -0.15) is 0 Å². The third-order valence-electron chi connectivity index (χ3n) is 3.32. The number of ether oxygens (including phenoxy) is 1. The van der Waals surface area contributed by atoms with Gasteiger partial charge in [0.15, 0.2) is 0 Å². The second-order valence-corrected chi connectivity index (χ2v) is 4.76. The zero-order valence-corrected chi connectivity index (χ0v) is 12.0. The van der Waals surface area contributed by atoms with Crippen LogP contribution in [0.25, 0.3) is 0 Å². The summed E-state index contributed by atoms with van der Waals surface area (Å²) in [6, 6.07) is 15.7. The van der Waals surface area contributed by atoms with Crippen molar-refractivity contribution in [3.63, 3.8) is 0 Å². The highest BCUT2D eigenvalue weighted by atomic mass is 16.5. The van der Waals surface area contributed by atoms with Crippen LogP contribution in [0.5, 0.6) is 11.5 Å². The van der Waals surface area contributed by atoms with E-state index in [1.807, 2.05) is 24.3 Å². The quantitative estimate of drug-likeness (QED) is 0.847. The molecule has 0 bridgehead atoms. The van der Waals surface area contributed by atoms with E-state index < -0.39 is 0 Å². The number of likely N-dealkylation sites (N-methyl/N-ethyl adjacent to an activating group) is 1. The number of methoxy groups -OCH3 is 1. The molecule has 0 radical (unpaired) electrons. The Balaban J connectivity index is 2.19. The molecule has 1 unspecified atom stereocenters. The Hall–Kier alpha value is -2.00. The molecule has 106 valence electrons. The molecule has 0 saturated carbocycles. The summed E-state index contributed by atoms with van der Waals surface area (Å²) in [6.45, 7) is 3.00. The fourth-order valence-corrected chi connectivity index (χ4v) is 2.28. The highest BCUT2D eigenvalue weighted by molar-refractivity contribution is 5.33. The molecule has 2 aromatic rings. The van der Waals surface area contributed by atoms with Crippen LogP contribution in [0, 0.1) is 0 Å². The van der Waals surface area contributed by atoms with E-state index in [1.54, 1.807) is 19.2 Å². The van der Waals surface area contributed by atoms with Crippen LogP contribution in [-0.2, 0) is 6.42 Å². The summed E-state index contributed by atoms with van der Waals surface area (Å²) in [7, 11) is 1.68. The van der Waals surface area contributed by atoms with Crippen LogP contribution in [0.4, 0.5) is 0 Å². The predicted molar refractivity (Wildman–Crippen MR) is 81.2 cm³/mol. The van der Waals surface area contributed by atoms with E-state index in [-0.39, 0.29) is 6.04 Å². The van der Waals surface area contributed by atoms with Gasteiger partial charge >= 0.3 is 0 Å². The molecule has 0 heterocycles. The predicted octanol–water partition coefficient (Wildman–Crippen LogP) is 3.29. The lowest BCUT2D eigenvalue weighted by molar-refractivity contribution is 0.413. The Morgan fingerprint density at radius 1 is 1.15 bits per heavy atom. The summed E-state index contributed by atoms with van der Waals surface area (Å²) in [5.74, 6) is 1.17. The summed E-state index contributed by atoms with van der Waals surface area (Å²) in [5, 5.41) is 12.8. The van der Waals surface area contributed by atoms with Crippen molar-refractivity contribution in [2.24, 2.45) is 0 Å². The molecule has 0 amide bonds. The second kappa shape index (κ2) is 6.96. The number of benzene rings is 2. The van der Waals surface area contributed by atoms with E-state index in [0.29, 0.717) is 5.75 Å². The van der Waals surface area contributed by atoms with Crippen LogP contribution in [0.2, 0.25) is 0 Å². The van der Waals surface area contributed by atoms with Gasteiger partial charge in [0.05, 0.1) is 7.11 Å². The fraction of sp³-hybridized carbons (Fsp3) is 0.294. The molecule has 2 N–H and O–H groups in total. The van der Waals surface area contributed by atoms with E-state index in [1.165, 1.54) is 11.1 Å². The Morgan fingerprint density at radius 3 is 2.55 bits per heavy atom. The Kier molecular flexibility index (Phi) is 5.02. The number of phenols is 1. The number of rotatable bonds is 6. The molecule has 20 heavy (non-hydrogen) atoms. The van der Waals surface area contributed by atoms with Crippen molar-refractivity contribution < 1.29 is 9.84 Å². The van der Waals surface area contributed by atoms with E-state index in [4.69, 9.17) is 4.74 Å². The molecule has 2 rings (SSSR count). The van der Waals surface area contributed by atoms with Crippen molar-refractivity contribution in [1.29, 1.82) is 0 Å². The van der Waals surface area contributed by atoms with Gasteiger partial charge in [-0.3, -0.25) is 0 Å². The van der Waals surface area contributed by atoms with Gasteiger partial charge < -0.3 is 15.2 Å². The highest BCUT2D eigenvalue weighted by Crippen LogP contribution is 2.23. The maximum atomic E-state index is 9.35. The molecule has 0 aliphatic carbocycles. The fourth-order valence-electron chi connectivity index (χ4n) is 2.28. The van der Waals surface area contributed by atoms with Crippen LogP contribution in [0.3, 0.4) is 0 Å². The zero-order chi connectivity index (χ0) is 14.4. The van der Waals surface area contributed by atoms with E-state index in [2.05, 4.69) is 24.4 Å². The van der Waals surface area contributed by atoms with Gasteiger partial charge in [0.2, 0.25) is 0 Å². The average molecular weight is 271 g/mol. The van der Waals surface area contributed by atoms with Gasteiger partial charge in [-0.1, -0.05) is 31.2 Å². The molecule has 0 spiro atoms. The first kappa shape index (κ1) is 14.4. The standard InChI is InChI=1S/C17H21NO2/c1-3-18-17(11-13-7-9-15(19)10-8-13)14-5-4-6-16(12-14)20-2/h4-10,12,17-19H,3,11H2,1-2H3. The van der Waals surface area contributed by atoms with Crippen molar-refractivity contribution in [2.75, 3.05) is 13.7 Å². The summed E-state index contributed by atoms with van der Waals surface area (Å²) in [6.07, 6.45) is 0.876. The molecule has 0 aliphatic rings. The van der Waals surface area contributed by atoms with Crippen molar-refractivity contribution in [3.8, 4) is 11.5 Å². The molecule has 3 heteroatoms. The smallest absolute Gasteiger partial charge is 0.119 e. The van der Waals surface area contributed by atoms with Crippen molar-refractivity contribution in [2.45, 2.75) is 19.4 Å². The number of hydrogen-bond acceptors (Lipinski definition) is 3. The van der Waals surface area contributed by atoms with Crippen molar-refractivity contribution in [1.82, 2.24) is 5.32 Å². The third-order valence-corrected chi connectivity index (χ3v) is 3.32. The van der Waals surface area contributed by atoms with Crippen LogP contribution in [0.15, 0.2) is 48.5 Å². The van der Waals surface area contributed by atoms with Crippen molar-refractivity contribution >= 4 is 0 Å². The first-order chi connectivity index (χ1) is 9.72. The zero-order valence-electron chi connectivity index (χ0n) is 12.0.